The minimum atomic E-state index is -0.219. The van der Waals surface area contributed by atoms with Crippen molar-refractivity contribution in [1.29, 1.82) is 0 Å². The second-order valence-corrected chi connectivity index (χ2v) is 6.96. The van der Waals surface area contributed by atoms with E-state index < -0.39 is 0 Å². The van der Waals surface area contributed by atoms with Gasteiger partial charge >= 0.3 is 0 Å². The third kappa shape index (κ3) is 3.98. The zero-order valence-corrected chi connectivity index (χ0v) is 14.5. The van der Waals surface area contributed by atoms with E-state index >= 15 is 0 Å². The van der Waals surface area contributed by atoms with E-state index in [1.807, 2.05) is 24.4 Å². The normalized spacial score (nSPS) is 19.8. The molecule has 2 aromatic heterocycles. The number of piperazine rings is 1. The van der Waals surface area contributed by atoms with Crippen molar-refractivity contribution in [2.45, 2.75) is 32.4 Å². The Morgan fingerprint density at radius 1 is 1.35 bits per heavy atom. The minimum Gasteiger partial charge on any atom is -0.392 e. The number of hydrogen-bond donors (Lipinski definition) is 1. The number of aliphatic hydroxyl groups is 1. The number of aliphatic hydroxyl groups excluding tert-OH is 1. The molecule has 1 saturated heterocycles. The summed E-state index contributed by atoms with van der Waals surface area (Å²) in [5.74, 6) is 1.35. The maximum Gasteiger partial charge on any atom is 0.244 e. The topological polar surface area (TPSA) is 65.6 Å². The monoisotopic (exact) mass is 336 g/mol. The molecule has 1 fully saturated rings. The van der Waals surface area contributed by atoms with Gasteiger partial charge in [0, 0.05) is 32.7 Å². The number of aromatic nitrogens is 2. The molecule has 0 aromatic carbocycles. The number of nitrogens with zero attached hydrogens (tertiary/aromatic N) is 4. The van der Waals surface area contributed by atoms with Gasteiger partial charge in [0.05, 0.1) is 17.0 Å². The van der Waals surface area contributed by atoms with Crippen LogP contribution in [0.2, 0.25) is 0 Å². The Kier molecular flexibility index (Phi) is 5.42. The summed E-state index contributed by atoms with van der Waals surface area (Å²) in [6.07, 6.45) is 0.590. The summed E-state index contributed by atoms with van der Waals surface area (Å²) in [7, 11) is 0. The molecule has 3 rings (SSSR count). The summed E-state index contributed by atoms with van der Waals surface area (Å²) in [6, 6.07) is 4.11. The first kappa shape index (κ1) is 16.6. The fourth-order valence-electron chi connectivity index (χ4n) is 2.83. The molecule has 3 heterocycles. The van der Waals surface area contributed by atoms with Gasteiger partial charge in [-0.05, 0) is 24.8 Å². The predicted molar refractivity (Wildman–Crippen MR) is 90.3 cm³/mol. The van der Waals surface area contributed by atoms with E-state index in [-0.39, 0.29) is 12.1 Å². The highest BCUT2D eigenvalue weighted by Gasteiger charge is 2.26. The molecular weight excluding hydrogens is 312 g/mol. The van der Waals surface area contributed by atoms with Crippen LogP contribution in [0.5, 0.6) is 0 Å². The summed E-state index contributed by atoms with van der Waals surface area (Å²) < 4.78 is 5.46. The van der Waals surface area contributed by atoms with Crippen LogP contribution in [0, 0.1) is 0 Å². The van der Waals surface area contributed by atoms with Gasteiger partial charge < -0.3 is 9.63 Å². The Hall–Kier alpha value is -1.28. The number of β-amino-alcohol motifs (C(OH)–C–C–N with tert-alkyl or cyclic N) is 1. The average molecular weight is 336 g/mol. The molecular formula is C16H24N4O2S. The molecule has 0 radical (unpaired) electrons. The number of thiophene rings is 1. The van der Waals surface area contributed by atoms with Crippen molar-refractivity contribution in [2.24, 2.45) is 0 Å². The SMILES string of the molecule is CC[C@@H](O)CN1CCN(C(C)c2nc(-c3cccs3)no2)CC1. The largest absolute Gasteiger partial charge is 0.392 e. The third-order valence-corrected chi connectivity index (χ3v) is 5.30. The van der Waals surface area contributed by atoms with Crippen LogP contribution < -0.4 is 0 Å². The quantitative estimate of drug-likeness (QED) is 0.873. The smallest absolute Gasteiger partial charge is 0.244 e. The van der Waals surface area contributed by atoms with Crippen LogP contribution in [0.3, 0.4) is 0 Å². The van der Waals surface area contributed by atoms with Crippen LogP contribution in [-0.2, 0) is 0 Å². The van der Waals surface area contributed by atoms with Crippen LogP contribution in [0.15, 0.2) is 22.0 Å². The Bertz CT molecular complexity index is 593. The molecule has 0 spiro atoms. The van der Waals surface area contributed by atoms with Gasteiger partial charge in [0.25, 0.3) is 0 Å². The van der Waals surface area contributed by atoms with E-state index in [4.69, 9.17) is 4.52 Å². The fourth-order valence-corrected chi connectivity index (χ4v) is 3.48. The van der Waals surface area contributed by atoms with Gasteiger partial charge in [-0.25, -0.2) is 0 Å². The first-order valence-corrected chi connectivity index (χ1v) is 9.07. The molecule has 2 atom stereocenters. The molecule has 0 bridgehead atoms. The molecule has 126 valence electrons. The molecule has 1 N–H and O–H groups in total. The molecule has 7 heteroatoms. The lowest BCUT2D eigenvalue weighted by Crippen LogP contribution is -2.49. The summed E-state index contributed by atoms with van der Waals surface area (Å²) in [5, 5.41) is 15.9. The Balaban J connectivity index is 1.56. The molecule has 1 aliphatic rings. The highest BCUT2D eigenvalue weighted by atomic mass is 32.1. The van der Waals surface area contributed by atoms with Crippen LogP contribution in [0.4, 0.5) is 0 Å². The Morgan fingerprint density at radius 2 is 2.13 bits per heavy atom. The number of hydrogen-bond acceptors (Lipinski definition) is 7. The van der Waals surface area contributed by atoms with Gasteiger partial charge in [0.15, 0.2) is 0 Å². The lowest BCUT2D eigenvalue weighted by Gasteiger charge is -2.37. The zero-order chi connectivity index (χ0) is 16.2. The van der Waals surface area contributed by atoms with Gasteiger partial charge in [-0.15, -0.1) is 11.3 Å². The molecule has 23 heavy (non-hydrogen) atoms. The molecule has 0 saturated carbocycles. The second-order valence-electron chi connectivity index (χ2n) is 6.01. The van der Waals surface area contributed by atoms with Crippen LogP contribution in [-0.4, -0.2) is 63.9 Å². The summed E-state index contributed by atoms with van der Waals surface area (Å²) in [6.45, 7) is 8.73. The van der Waals surface area contributed by atoms with Gasteiger partial charge in [0.2, 0.25) is 11.7 Å². The van der Waals surface area contributed by atoms with E-state index in [1.165, 1.54) is 0 Å². The highest BCUT2D eigenvalue weighted by Crippen LogP contribution is 2.25. The lowest BCUT2D eigenvalue weighted by atomic mass is 10.2. The van der Waals surface area contributed by atoms with Gasteiger partial charge in [-0.2, -0.15) is 4.98 Å². The minimum absolute atomic E-state index is 0.120. The summed E-state index contributed by atoms with van der Waals surface area (Å²) in [4.78, 5) is 10.3. The van der Waals surface area contributed by atoms with Crippen molar-refractivity contribution < 1.29 is 9.63 Å². The summed E-state index contributed by atoms with van der Waals surface area (Å²) in [5.41, 5.74) is 0. The maximum atomic E-state index is 9.77. The van der Waals surface area contributed by atoms with E-state index in [0.717, 1.165) is 44.0 Å². The highest BCUT2D eigenvalue weighted by molar-refractivity contribution is 7.13. The second kappa shape index (κ2) is 7.53. The van der Waals surface area contributed by atoms with Crippen molar-refractivity contribution >= 4 is 11.3 Å². The number of rotatable bonds is 6. The Labute approximate surface area is 140 Å². The lowest BCUT2D eigenvalue weighted by molar-refractivity contribution is 0.0517. The predicted octanol–water partition coefficient (Wildman–Crippen LogP) is 2.25. The maximum absolute atomic E-state index is 9.77. The first-order chi connectivity index (χ1) is 11.2. The average Bonchev–Trinajstić information content (AvgIpc) is 3.25. The van der Waals surface area contributed by atoms with Gasteiger partial charge in [-0.1, -0.05) is 18.1 Å². The van der Waals surface area contributed by atoms with Crippen molar-refractivity contribution in [1.82, 2.24) is 19.9 Å². The van der Waals surface area contributed by atoms with Crippen molar-refractivity contribution in [3.63, 3.8) is 0 Å². The van der Waals surface area contributed by atoms with Crippen molar-refractivity contribution in [3.8, 4) is 10.7 Å². The van der Waals surface area contributed by atoms with E-state index in [1.54, 1.807) is 11.3 Å². The van der Waals surface area contributed by atoms with Gasteiger partial charge in [0.1, 0.15) is 0 Å². The molecule has 0 amide bonds. The first-order valence-electron chi connectivity index (χ1n) is 8.19. The van der Waals surface area contributed by atoms with Crippen LogP contribution >= 0.6 is 11.3 Å². The van der Waals surface area contributed by atoms with Gasteiger partial charge in [-0.3, -0.25) is 9.80 Å². The van der Waals surface area contributed by atoms with Crippen molar-refractivity contribution in [2.75, 3.05) is 32.7 Å². The molecule has 1 unspecified atom stereocenters. The van der Waals surface area contributed by atoms with E-state index in [0.29, 0.717) is 11.7 Å². The Morgan fingerprint density at radius 3 is 2.78 bits per heavy atom. The van der Waals surface area contributed by atoms with E-state index in [2.05, 4.69) is 26.9 Å². The van der Waals surface area contributed by atoms with Crippen LogP contribution in [0.1, 0.15) is 32.2 Å². The molecule has 6 nitrogen and oxygen atoms in total. The van der Waals surface area contributed by atoms with Crippen molar-refractivity contribution in [3.05, 3.63) is 23.4 Å². The van der Waals surface area contributed by atoms with E-state index in [9.17, 15) is 5.11 Å². The molecule has 0 aliphatic carbocycles. The zero-order valence-electron chi connectivity index (χ0n) is 13.7. The molecule has 2 aromatic rings. The van der Waals surface area contributed by atoms with Crippen LogP contribution in [0.25, 0.3) is 10.7 Å². The molecule has 1 aliphatic heterocycles. The summed E-state index contributed by atoms with van der Waals surface area (Å²) >= 11 is 1.62. The third-order valence-electron chi connectivity index (χ3n) is 4.44. The fraction of sp³-hybridized carbons (Fsp3) is 0.625. The standard InChI is InChI=1S/C16H24N4O2S/c1-3-13(21)11-19-6-8-20(9-7-19)12(2)16-17-15(18-22-16)14-5-4-10-23-14/h4-5,10,12-13,21H,3,6-9,11H2,1-2H3/t12?,13-/m1/s1.